The Kier molecular flexibility index (Phi) is 4.79. The van der Waals surface area contributed by atoms with Gasteiger partial charge in [0.15, 0.2) is 0 Å². The molecule has 0 bridgehead atoms. The number of carboxylic acid groups (broad SMARTS) is 1. The summed E-state index contributed by atoms with van der Waals surface area (Å²) in [5, 5.41) is 12.1. The lowest BCUT2D eigenvalue weighted by molar-refractivity contribution is 0.0698. The van der Waals surface area contributed by atoms with Crippen molar-refractivity contribution in [3.8, 4) is 0 Å². The molecule has 0 aliphatic rings. The molecule has 0 amide bonds. The van der Waals surface area contributed by atoms with Crippen LogP contribution in [-0.2, 0) is 0 Å². The number of para-hydroxylation sites is 1. The largest absolute Gasteiger partial charge is 0.478 e. The minimum Gasteiger partial charge on any atom is -0.478 e. The van der Waals surface area contributed by atoms with Crippen LogP contribution >= 0.6 is 0 Å². The Labute approximate surface area is 95.9 Å². The van der Waals surface area contributed by atoms with Gasteiger partial charge in [-0.3, -0.25) is 0 Å². The summed E-state index contributed by atoms with van der Waals surface area (Å²) < 4.78 is 0. The first kappa shape index (κ1) is 12.5. The average Bonchev–Trinajstić information content (AvgIpc) is 2.29. The molecule has 4 nitrogen and oxygen atoms in total. The average molecular weight is 222 g/mol. The highest BCUT2D eigenvalue weighted by Gasteiger charge is 2.07. The molecule has 1 aromatic rings. The highest BCUT2D eigenvalue weighted by atomic mass is 16.4. The molecule has 0 heterocycles. The first-order valence-corrected chi connectivity index (χ1v) is 5.40. The van der Waals surface area contributed by atoms with E-state index in [0.717, 1.165) is 19.6 Å². The standard InChI is InChI=1S/C12H18N2O2/c1-3-14(2)9-8-13-11-7-5-4-6-10(11)12(15)16/h4-7,13H,3,8-9H2,1-2H3,(H,15,16). The fourth-order valence-electron chi connectivity index (χ4n) is 1.36. The summed E-state index contributed by atoms with van der Waals surface area (Å²) in [6.07, 6.45) is 0. The molecule has 0 radical (unpaired) electrons. The van der Waals surface area contributed by atoms with Gasteiger partial charge in [-0.25, -0.2) is 4.79 Å². The van der Waals surface area contributed by atoms with E-state index in [9.17, 15) is 4.79 Å². The quantitative estimate of drug-likeness (QED) is 0.770. The van der Waals surface area contributed by atoms with E-state index in [1.54, 1.807) is 18.2 Å². The third-order valence-electron chi connectivity index (χ3n) is 2.51. The lowest BCUT2D eigenvalue weighted by Gasteiger charge is -2.15. The molecular formula is C12H18N2O2. The normalized spacial score (nSPS) is 10.4. The molecule has 1 rings (SSSR count). The van der Waals surface area contributed by atoms with Crippen LogP contribution in [-0.4, -0.2) is 42.7 Å². The van der Waals surface area contributed by atoms with Crippen molar-refractivity contribution in [3.05, 3.63) is 29.8 Å². The minimum absolute atomic E-state index is 0.321. The van der Waals surface area contributed by atoms with Crippen molar-refractivity contribution in [2.24, 2.45) is 0 Å². The van der Waals surface area contributed by atoms with Crippen LogP contribution in [0.5, 0.6) is 0 Å². The molecule has 0 unspecified atom stereocenters. The fourth-order valence-corrected chi connectivity index (χ4v) is 1.36. The molecule has 0 fully saturated rings. The van der Waals surface area contributed by atoms with Gasteiger partial charge in [0.2, 0.25) is 0 Å². The van der Waals surface area contributed by atoms with Gasteiger partial charge >= 0.3 is 5.97 Å². The van der Waals surface area contributed by atoms with Gasteiger partial charge in [-0.05, 0) is 25.7 Å². The highest BCUT2D eigenvalue weighted by molar-refractivity contribution is 5.94. The third-order valence-corrected chi connectivity index (χ3v) is 2.51. The number of benzene rings is 1. The second-order valence-electron chi connectivity index (χ2n) is 3.67. The summed E-state index contributed by atoms with van der Waals surface area (Å²) in [7, 11) is 2.03. The SMILES string of the molecule is CCN(C)CCNc1ccccc1C(=O)O. The molecule has 0 saturated heterocycles. The lowest BCUT2D eigenvalue weighted by atomic mass is 10.2. The topological polar surface area (TPSA) is 52.6 Å². The summed E-state index contributed by atoms with van der Waals surface area (Å²) in [5.74, 6) is -0.896. The summed E-state index contributed by atoms with van der Waals surface area (Å²) in [5.41, 5.74) is 1.00. The highest BCUT2D eigenvalue weighted by Crippen LogP contribution is 2.14. The maximum Gasteiger partial charge on any atom is 0.337 e. The number of likely N-dealkylation sites (N-methyl/N-ethyl adjacent to an activating group) is 1. The van der Waals surface area contributed by atoms with Gasteiger partial charge in [-0.15, -0.1) is 0 Å². The number of hydrogen-bond donors (Lipinski definition) is 2. The van der Waals surface area contributed by atoms with Gasteiger partial charge in [0.25, 0.3) is 0 Å². The van der Waals surface area contributed by atoms with E-state index in [2.05, 4.69) is 17.1 Å². The fraction of sp³-hybridized carbons (Fsp3) is 0.417. The maximum absolute atomic E-state index is 10.9. The van der Waals surface area contributed by atoms with Crippen LogP contribution in [0.1, 0.15) is 17.3 Å². The second kappa shape index (κ2) is 6.12. The zero-order valence-corrected chi connectivity index (χ0v) is 9.73. The Balaban J connectivity index is 2.56. The Morgan fingerprint density at radius 1 is 1.44 bits per heavy atom. The lowest BCUT2D eigenvalue weighted by Crippen LogP contribution is -2.25. The minimum atomic E-state index is -0.896. The van der Waals surface area contributed by atoms with Crippen LogP contribution in [0.3, 0.4) is 0 Å². The molecule has 1 aromatic carbocycles. The Bertz CT molecular complexity index is 353. The van der Waals surface area contributed by atoms with E-state index >= 15 is 0 Å². The Morgan fingerprint density at radius 2 is 2.12 bits per heavy atom. The van der Waals surface area contributed by atoms with E-state index in [4.69, 9.17) is 5.11 Å². The molecule has 0 aliphatic heterocycles. The smallest absolute Gasteiger partial charge is 0.337 e. The van der Waals surface area contributed by atoms with Gasteiger partial charge in [0.05, 0.1) is 5.56 Å². The molecule has 0 aliphatic carbocycles. The zero-order valence-electron chi connectivity index (χ0n) is 9.73. The number of carbonyl (C=O) groups is 1. The van der Waals surface area contributed by atoms with Gasteiger partial charge in [0, 0.05) is 18.8 Å². The molecule has 0 aromatic heterocycles. The number of rotatable bonds is 6. The van der Waals surface area contributed by atoms with E-state index < -0.39 is 5.97 Å². The van der Waals surface area contributed by atoms with Crippen molar-refractivity contribution in [2.75, 3.05) is 32.0 Å². The van der Waals surface area contributed by atoms with Crippen LogP contribution < -0.4 is 5.32 Å². The van der Waals surface area contributed by atoms with Gasteiger partial charge < -0.3 is 15.3 Å². The molecule has 4 heteroatoms. The monoisotopic (exact) mass is 222 g/mol. The molecular weight excluding hydrogens is 204 g/mol. The number of nitrogens with one attached hydrogen (secondary N) is 1. The van der Waals surface area contributed by atoms with Crippen LogP contribution in [0, 0.1) is 0 Å². The maximum atomic E-state index is 10.9. The zero-order chi connectivity index (χ0) is 12.0. The van der Waals surface area contributed by atoms with Crippen LogP contribution in [0.25, 0.3) is 0 Å². The predicted octanol–water partition coefficient (Wildman–Crippen LogP) is 1.75. The van der Waals surface area contributed by atoms with Crippen LogP contribution in [0.15, 0.2) is 24.3 Å². The van der Waals surface area contributed by atoms with E-state index in [0.29, 0.717) is 11.3 Å². The Morgan fingerprint density at radius 3 is 2.75 bits per heavy atom. The summed E-state index contributed by atoms with van der Waals surface area (Å²) in [4.78, 5) is 13.1. The summed E-state index contributed by atoms with van der Waals surface area (Å²) in [6, 6.07) is 6.95. The van der Waals surface area contributed by atoms with Crippen molar-refractivity contribution >= 4 is 11.7 Å². The van der Waals surface area contributed by atoms with Crippen molar-refractivity contribution in [1.82, 2.24) is 4.90 Å². The van der Waals surface area contributed by atoms with Gasteiger partial charge in [0.1, 0.15) is 0 Å². The Hall–Kier alpha value is -1.55. The molecule has 0 atom stereocenters. The second-order valence-corrected chi connectivity index (χ2v) is 3.67. The van der Waals surface area contributed by atoms with Crippen molar-refractivity contribution < 1.29 is 9.90 Å². The molecule has 2 N–H and O–H groups in total. The van der Waals surface area contributed by atoms with Crippen molar-refractivity contribution in [3.63, 3.8) is 0 Å². The van der Waals surface area contributed by atoms with Gasteiger partial charge in [-0.1, -0.05) is 19.1 Å². The van der Waals surface area contributed by atoms with E-state index in [-0.39, 0.29) is 0 Å². The molecule has 88 valence electrons. The number of hydrogen-bond acceptors (Lipinski definition) is 3. The number of nitrogens with zero attached hydrogens (tertiary/aromatic N) is 1. The van der Waals surface area contributed by atoms with Crippen LogP contribution in [0.4, 0.5) is 5.69 Å². The first-order chi connectivity index (χ1) is 7.65. The van der Waals surface area contributed by atoms with E-state index in [1.807, 2.05) is 13.1 Å². The first-order valence-electron chi connectivity index (χ1n) is 5.40. The van der Waals surface area contributed by atoms with Crippen molar-refractivity contribution in [2.45, 2.75) is 6.92 Å². The summed E-state index contributed by atoms with van der Waals surface area (Å²) in [6.45, 7) is 4.71. The number of carboxylic acids is 1. The van der Waals surface area contributed by atoms with Gasteiger partial charge in [-0.2, -0.15) is 0 Å². The van der Waals surface area contributed by atoms with Crippen LogP contribution in [0.2, 0.25) is 0 Å². The van der Waals surface area contributed by atoms with E-state index in [1.165, 1.54) is 0 Å². The summed E-state index contributed by atoms with van der Waals surface area (Å²) >= 11 is 0. The number of aromatic carboxylic acids is 1. The third kappa shape index (κ3) is 3.55. The molecule has 0 saturated carbocycles. The number of anilines is 1. The molecule has 0 spiro atoms. The molecule has 16 heavy (non-hydrogen) atoms. The predicted molar refractivity (Wildman–Crippen MR) is 65.1 cm³/mol. The van der Waals surface area contributed by atoms with Crippen molar-refractivity contribution in [1.29, 1.82) is 0 Å².